The van der Waals surface area contributed by atoms with Crippen molar-refractivity contribution in [1.82, 2.24) is 5.32 Å². The van der Waals surface area contributed by atoms with Crippen LogP contribution in [-0.4, -0.2) is 34.5 Å². The number of benzene rings is 2. The van der Waals surface area contributed by atoms with E-state index in [9.17, 15) is 14.4 Å². The van der Waals surface area contributed by atoms with Crippen molar-refractivity contribution in [3.05, 3.63) is 58.1 Å². The summed E-state index contributed by atoms with van der Waals surface area (Å²) in [6.07, 6.45) is 0.583. The first-order valence-electron chi connectivity index (χ1n) is 10.3. The number of thioether (sulfide) groups is 2. The summed E-state index contributed by atoms with van der Waals surface area (Å²) < 4.78 is -0.240. The Hall–Kier alpha value is -2.25. The highest BCUT2D eigenvalue weighted by Crippen LogP contribution is 2.41. The van der Waals surface area contributed by atoms with E-state index in [1.807, 2.05) is 58.0 Å². The van der Waals surface area contributed by atoms with Crippen molar-refractivity contribution < 1.29 is 14.4 Å². The average molecular weight is 455 g/mol. The standard InChI is InChI=1S/C24H26N2O3S2/c1-13-11-14(2)19(15-12-24(3,4)20(27)18(13)15)21(28)25-9-10-30-23-22(29)26-16-7-5-6-8-17(16)31-23/h5-8,11,23H,9-10,12H2,1-4H3,(H,25,28)(H,26,29). The van der Waals surface area contributed by atoms with Crippen LogP contribution in [0.1, 0.15) is 51.3 Å². The maximum absolute atomic E-state index is 13.0. The second-order valence-corrected chi connectivity index (χ2v) is 11.3. The summed E-state index contributed by atoms with van der Waals surface area (Å²) in [6, 6.07) is 9.69. The number of nitrogens with one attached hydrogen (secondary N) is 2. The van der Waals surface area contributed by atoms with Crippen molar-refractivity contribution in [3.63, 3.8) is 0 Å². The highest BCUT2D eigenvalue weighted by atomic mass is 32.2. The summed E-state index contributed by atoms with van der Waals surface area (Å²) in [5, 5.41) is 5.93. The minimum absolute atomic E-state index is 0.0204. The molecule has 2 aliphatic rings. The van der Waals surface area contributed by atoms with Crippen molar-refractivity contribution in [2.24, 2.45) is 5.41 Å². The molecule has 31 heavy (non-hydrogen) atoms. The largest absolute Gasteiger partial charge is 0.351 e. The molecule has 4 rings (SSSR count). The monoisotopic (exact) mass is 454 g/mol. The lowest BCUT2D eigenvalue weighted by molar-refractivity contribution is -0.114. The van der Waals surface area contributed by atoms with Crippen LogP contribution >= 0.6 is 23.5 Å². The zero-order valence-corrected chi connectivity index (χ0v) is 19.8. The van der Waals surface area contributed by atoms with E-state index in [2.05, 4.69) is 10.6 Å². The van der Waals surface area contributed by atoms with E-state index in [-0.39, 0.29) is 22.2 Å². The number of anilines is 1. The lowest BCUT2D eigenvalue weighted by Gasteiger charge is -2.23. The van der Waals surface area contributed by atoms with Gasteiger partial charge in [-0.05, 0) is 49.1 Å². The number of aryl methyl sites for hydroxylation is 2. The van der Waals surface area contributed by atoms with Gasteiger partial charge in [-0.25, -0.2) is 0 Å². The number of rotatable bonds is 5. The number of para-hydroxylation sites is 1. The first kappa shape index (κ1) is 22.0. The molecule has 0 saturated heterocycles. The van der Waals surface area contributed by atoms with Crippen LogP contribution in [0.2, 0.25) is 0 Å². The topological polar surface area (TPSA) is 75.3 Å². The Labute approximate surface area is 191 Å². The molecule has 2 N–H and O–H groups in total. The van der Waals surface area contributed by atoms with Crippen LogP contribution in [0.25, 0.3) is 0 Å². The van der Waals surface area contributed by atoms with Crippen molar-refractivity contribution >= 4 is 46.8 Å². The Morgan fingerprint density at radius 3 is 2.74 bits per heavy atom. The molecule has 0 radical (unpaired) electrons. The summed E-state index contributed by atoms with van der Waals surface area (Å²) in [7, 11) is 0. The molecule has 1 aliphatic heterocycles. The van der Waals surface area contributed by atoms with E-state index in [0.717, 1.165) is 27.3 Å². The van der Waals surface area contributed by atoms with Gasteiger partial charge >= 0.3 is 0 Å². The van der Waals surface area contributed by atoms with Gasteiger partial charge in [0.05, 0.1) is 5.69 Å². The van der Waals surface area contributed by atoms with Crippen LogP contribution < -0.4 is 10.6 Å². The smallest absolute Gasteiger partial charge is 0.251 e. The number of carbonyl (C=O) groups excluding carboxylic acids is 3. The molecule has 0 spiro atoms. The van der Waals surface area contributed by atoms with Crippen LogP contribution in [0.3, 0.4) is 0 Å². The first-order chi connectivity index (χ1) is 14.7. The van der Waals surface area contributed by atoms with Gasteiger partial charge in [0.2, 0.25) is 5.91 Å². The molecule has 0 fully saturated rings. The Bertz CT molecular complexity index is 1090. The normalized spacial score (nSPS) is 18.9. The van der Waals surface area contributed by atoms with Crippen molar-refractivity contribution in [1.29, 1.82) is 0 Å². The molecular formula is C24H26N2O3S2. The van der Waals surface area contributed by atoms with Crippen LogP contribution in [-0.2, 0) is 11.2 Å². The molecule has 0 saturated carbocycles. The summed E-state index contributed by atoms with van der Waals surface area (Å²) >= 11 is 3.06. The van der Waals surface area contributed by atoms with Gasteiger partial charge in [0, 0.05) is 33.7 Å². The van der Waals surface area contributed by atoms with Crippen LogP contribution in [0, 0.1) is 19.3 Å². The summed E-state index contributed by atoms with van der Waals surface area (Å²) in [6.45, 7) is 8.19. The minimum Gasteiger partial charge on any atom is -0.351 e. The average Bonchev–Trinajstić information content (AvgIpc) is 2.94. The fraction of sp³-hybridized carbons (Fsp3) is 0.375. The van der Waals surface area contributed by atoms with E-state index in [1.54, 1.807) is 11.8 Å². The molecule has 1 unspecified atom stereocenters. The Kier molecular flexibility index (Phi) is 5.92. The molecule has 0 aromatic heterocycles. The lowest BCUT2D eigenvalue weighted by atomic mass is 9.88. The summed E-state index contributed by atoms with van der Waals surface area (Å²) in [4.78, 5) is 39.2. The van der Waals surface area contributed by atoms with Gasteiger partial charge in [0.1, 0.15) is 4.58 Å². The zero-order valence-electron chi connectivity index (χ0n) is 18.1. The van der Waals surface area contributed by atoms with Crippen molar-refractivity contribution in [3.8, 4) is 0 Å². The van der Waals surface area contributed by atoms with E-state index in [0.29, 0.717) is 29.8 Å². The SMILES string of the molecule is Cc1cc(C)c2c(c1C(=O)NCCSC1Sc3ccccc3NC1=O)CC(C)(C)C2=O. The zero-order chi connectivity index (χ0) is 22.3. The van der Waals surface area contributed by atoms with Crippen LogP contribution in [0.15, 0.2) is 35.2 Å². The van der Waals surface area contributed by atoms with Gasteiger partial charge in [-0.2, -0.15) is 0 Å². The van der Waals surface area contributed by atoms with Gasteiger partial charge in [-0.15, -0.1) is 11.8 Å². The molecule has 7 heteroatoms. The minimum atomic E-state index is -0.479. The van der Waals surface area contributed by atoms with Crippen molar-refractivity contribution in [2.75, 3.05) is 17.6 Å². The van der Waals surface area contributed by atoms with Crippen LogP contribution in [0.4, 0.5) is 5.69 Å². The molecule has 2 aromatic rings. The molecule has 1 heterocycles. The van der Waals surface area contributed by atoms with Gasteiger partial charge < -0.3 is 10.6 Å². The number of carbonyl (C=O) groups is 3. The lowest BCUT2D eigenvalue weighted by Crippen LogP contribution is -2.30. The Balaban J connectivity index is 1.40. The van der Waals surface area contributed by atoms with E-state index < -0.39 is 5.41 Å². The highest BCUT2D eigenvalue weighted by molar-refractivity contribution is 8.18. The van der Waals surface area contributed by atoms with Crippen molar-refractivity contribution in [2.45, 2.75) is 43.6 Å². The fourth-order valence-electron chi connectivity index (χ4n) is 4.30. The quantitative estimate of drug-likeness (QED) is 0.646. The molecule has 0 bridgehead atoms. The predicted molar refractivity (Wildman–Crippen MR) is 127 cm³/mol. The molecule has 2 aromatic carbocycles. The maximum Gasteiger partial charge on any atom is 0.251 e. The van der Waals surface area contributed by atoms with Gasteiger partial charge in [0.25, 0.3) is 5.91 Å². The maximum atomic E-state index is 13.0. The molecule has 1 aliphatic carbocycles. The first-order valence-corrected chi connectivity index (χ1v) is 12.3. The molecule has 5 nitrogen and oxygen atoms in total. The number of fused-ring (bicyclic) bond motifs is 2. The number of amides is 2. The molecule has 1 atom stereocenters. The molecular weight excluding hydrogens is 428 g/mol. The molecule has 162 valence electrons. The fourth-order valence-corrected chi connectivity index (χ4v) is 6.62. The summed E-state index contributed by atoms with van der Waals surface area (Å²) in [5.41, 5.74) is 4.42. The van der Waals surface area contributed by atoms with E-state index in [1.165, 1.54) is 11.8 Å². The third kappa shape index (κ3) is 4.13. The molecule has 2 amide bonds. The van der Waals surface area contributed by atoms with Gasteiger partial charge in [-0.1, -0.05) is 43.8 Å². The predicted octanol–water partition coefficient (Wildman–Crippen LogP) is 4.60. The Morgan fingerprint density at radius 1 is 1.23 bits per heavy atom. The number of hydrogen-bond acceptors (Lipinski definition) is 5. The third-order valence-corrected chi connectivity index (χ3v) is 8.45. The Morgan fingerprint density at radius 2 is 1.97 bits per heavy atom. The van der Waals surface area contributed by atoms with Gasteiger partial charge in [-0.3, -0.25) is 14.4 Å². The number of hydrogen-bond donors (Lipinski definition) is 2. The summed E-state index contributed by atoms with van der Waals surface area (Å²) in [5.74, 6) is 0.570. The van der Waals surface area contributed by atoms with E-state index >= 15 is 0 Å². The number of ketones is 1. The second kappa shape index (κ2) is 8.36. The van der Waals surface area contributed by atoms with Crippen LogP contribution in [0.5, 0.6) is 0 Å². The highest BCUT2D eigenvalue weighted by Gasteiger charge is 2.41. The van der Waals surface area contributed by atoms with E-state index in [4.69, 9.17) is 0 Å². The van der Waals surface area contributed by atoms with Gasteiger partial charge in [0.15, 0.2) is 5.78 Å². The third-order valence-electron chi connectivity index (χ3n) is 5.76. The second-order valence-electron chi connectivity index (χ2n) is 8.69. The number of Topliss-reactive ketones (excluding diaryl/α,β-unsaturated/α-hetero) is 1.